The summed E-state index contributed by atoms with van der Waals surface area (Å²) in [4.78, 5) is 0. The maximum absolute atomic E-state index is 2.46. The first-order chi connectivity index (χ1) is 7.77. The van der Waals surface area contributed by atoms with Crippen LogP contribution in [-0.2, 0) is 0 Å². The molecule has 0 saturated heterocycles. The summed E-state index contributed by atoms with van der Waals surface area (Å²) in [6.07, 6.45) is 3.97. The minimum absolute atomic E-state index is 0.387. The van der Waals surface area contributed by atoms with Crippen LogP contribution in [0, 0.1) is 21.7 Å². The highest BCUT2D eigenvalue weighted by molar-refractivity contribution is 6.33. The lowest BCUT2D eigenvalue weighted by Crippen LogP contribution is -2.36. The molecule has 0 aromatic carbocycles. The van der Waals surface area contributed by atoms with E-state index in [1.165, 1.54) is 26.4 Å². The van der Waals surface area contributed by atoms with E-state index in [0.717, 1.165) is 0 Å². The highest BCUT2D eigenvalue weighted by Crippen LogP contribution is 2.49. The molecule has 0 atom stereocenters. The SMILES string of the molecule is CBCC(C)(C)C(C)(C)CCC(C)(C)C(C)(C)C. The monoisotopic (exact) mass is 252 g/mol. The van der Waals surface area contributed by atoms with E-state index in [1.807, 2.05) is 0 Å². The number of rotatable bonds is 6. The molecule has 0 N–H and O–H groups in total. The molecule has 0 heterocycles. The summed E-state index contributed by atoms with van der Waals surface area (Å²) in [6, 6.07) is 0. The van der Waals surface area contributed by atoms with Gasteiger partial charge in [0.1, 0.15) is 7.28 Å². The predicted octanol–water partition coefficient (Wildman–Crippen LogP) is 5.79. The van der Waals surface area contributed by atoms with E-state index in [-0.39, 0.29) is 0 Å². The van der Waals surface area contributed by atoms with Gasteiger partial charge < -0.3 is 0 Å². The molecule has 0 spiro atoms. The maximum Gasteiger partial charge on any atom is 0.118 e. The second-order valence-corrected chi connectivity index (χ2v) is 9.15. The Bertz CT molecular complexity index is 253. The van der Waals surface area contributed by atoms with Crippen LogP contribution in [-0.4, -0.2) is 7.28 Å². The third-order valence-corrected chi connectivity index (χ3v) is 6.11. The van der Waals surface area contributed by atoms with Gasteiger partial charge in [-0.15, -0.1) is 0 Å². The first kappa shape index (κ1) is 18.1. The molecule has 0 bridgehead atoms. The molecule has 1 heteroatoms. The number of hydrogen-bond acceptors (Lipinski definition) is 0. The van der Waals surface area contributed by atoms with Crippen LogP contribution in [0.5, 0.6) is 0 Å². The van der Waals surface area contributed by atoms with Crippen molar-refractivity contribution in [3.63, 3.8) is 0 Å². The molecule has 0 aliphatic heterocycles. The fourth-order valence-electron chi connectivity index (χ4n) is 2.30. The van der Waals surface area contributed by atoms with Crippen molar-refractivity contribution in [1.29, 1.82) is 0 Å². The van der Waals surface area contributed by atoms with Crippen LogP contribution in [0.2, 0.25) is 13.1 Å². The van der Waals surface area contributed by atoms with Crippen molar-refractivity contribution in [3.8, 4) is 0 Å². The Kier molecular flexibility index (Phi) is 5.61. The predicted molar refractivity (Wildman–Crippen MR) is 87.9 cm³/mol. The van der Waals surface area contributed by atoms with Crippen LogP contribution in [0.3, 0.4) is 0 Å². The molecule has 0 aromatic rings. The average Bonchev–Trinajstić information content (AvgIpc) is 2.13. The summed E-state index contributed by atoms with van der Waals surface area (Å²) >= 11 is 0. The Morgan fingerprint density at radius 3 is 1.33 bits per heavy atom. The highest BCUT2D eigenvalue weighted by Gasteiger charge is 2.39. The maximum atomic E-state index is 2.46. The molecule has 0 amide bonds. The molecule has 18 heavy (non-hydrogen) atoms. The zero-order chi connectivity index (χ0) is 14.8. The molecule has 0 fully saturated rings. The lowest BCUT2D eigenvalue weighted by Gasteiger charge is -2.46. The average molecular weight is 252 g/mol. The summed E-state index contributed by atoms with van der Waals surface area (Å²) in [7, 11) is 1.29. The third-order valence-electron chi connectivity index (χ3n) is 6.11. The Hall–Kier alpha value is 0.0649. The zero-order valence-electron chi connectivity index (χ0n) is 14.8. The smallest absolute Gasteiger partial charge is 0.0893 e. The van der Waals surface area contributed by atoms with Crippen LogP contribution in [0.1, 0.15) is 75.2 Å². The Balaban J connectivity index is 4.72. The summed E-state index contributed by atoms with van der Waals surface area (Å²) in [5, 5.41) is 0. The molecule has 108 valence electrons. The van der Waals surface area contributed by atoms with E-state index in [4.69, 9.17) is 0 Å². The van der Waals surface area contributed by atoms with Gasteiger partial charge in [-0.2, -0.15) is 0 Å². The minimum Gasteiger partial charge on any atom is -0.0893 e. The summed E-state index contributed by atoms with van der Waals surface area (Å²) < 4.78 is 0. The molecule has 0 saturated carbocycles. The minimum atomic E-state index is 0.387. The fraction of sp³-hybridized carbons (Fsp3) is 1.00. The Morgan fingerprint density at radius 1 is 0.611 bits per heavy atom. The zero-order valence-corrected chi connectivity index (χ0v) is 14.8. The van der Waals surface area contributed by atoms with Gasteiger partial charge in [-0.25, -0.2) is 0 Å². The van der Waals surface area contributed by atoms with Crippen LogP contribution >= 0.6 is 0 Å². The quantitative estimate of drug-likeness (QED) is 0.524. The summed E-state index contributed by atoms with van der Waals surface area (Å²) in [6.45, 7) is 24.1. The first-order valence-corrected chi connectivity index (χ1v) is 7.77. The summed E-state index contributed by atoms with van der Waals surface area (Å²) in [5.41, 5.74) is 1.66. The molecule has 0 aliphatic rings. The molecule has 0 rings (SSSR count). The van der Waals surface area contributed by atoms with Gasteiger partial charge >= 0.3 is 0 Å². The van der Waals surface area contributed by atoms with E-state index in [0.29, 0.717) is 21.7 Å². The second kappa shape index (κ2) is 5.59. The molecule has 0 aromatic heterocycles. The van der Waals surface area contributed by atoms with Crippen LogP contribution in [0.25, 0.3) is 0 Å². The van der Waals surface area contributed by atoms with Crippen molar-refractivity contribution in [3.05, 3.63) is 0 Å². The standard InChI is InChI=1S/C17H37B/c1-14(2,3)15(4,5)11-12-16(6,7)17(8,9)13-18-10/h18H,11-13H2,1-10H3. The van der Waals surface area contributed by atoms with Gasteiger partial charge in [0, 0.05) is 0 Å². The molecule has 0 aliphatic carbocycles. The Morgan fingerprint density at radius 2 is 1.00 bits per heavy atom. The van der Waals surface area contributed by atoms with Gasteiger partial charge in [0.2, 0.25) is 0 Å². The van der Waals surface area contributed by atoms with E-state index >= 15 is 0 Å². The van der Waals surface area contributed by atoms with Crippen molar-refractivity contribution in [2.45, 2.75) is 88.3 Å². The van der Waals surface area contributed by atoms with Gasteiger partial charge in [0.15, 0.2) is 0 Å². The molecule has 0 nitrogen and oxygen atoms in total. The van der Waals surface area contributed by atoms with Crippen molar-refractivity contribution in [2.75, 3.05) is 0 Å². The topological polar surface area (TPSA) is 0 Å². The van der Waals surface area contributed by atoms with E-state index in [1.54, 1.807) is 0 Å². The van der Waals surface area contributed by atoms with Crippen molar-refractivity contribution >= 4 is 7.28 Å². The molecular formula is C17H37B. The first-order valence-electron chi connectivity index (χ1n) is 7.77. The van der Waals surface area contributed by atoms with E-state index < -0.39 is 0 Å². The van der Waals surface area contributed by atoms with Crippen molar-refractivity contribution in [2.24, 2.45) is 21.7 Å². The van der Waals surface area contributed by atoms with Crippen LogP contribution in [0.4, 0.5) is 0 Å². The van der Waals surface area contributed by atoms with Gasteiger partial charge in [-0.3, -0.25) is 0 Å². The lowest BCUT2D eigenvalue weighted by molar-refractivity contribution is 0.0574. The number of hydrogen-bond donors (Lipinski definition) is 0. The van der Waals surface area contributed by atoms with E-state index in [9.17, 15) is 0 Å². The van der Waals surface area contributed by atoms with Gasteiger partial charge in [0.25, 0.3) is 0 Å². The normalized spacial score (nSPS) is 14.8. The fourth-order valence-corrected chi connectivity index (χ4v) is 2.30. The van der Waals surface area contributed by atoms with Crippen molar-refractivity contribution in [1.82, 2.24) is 0 Å². The van der Waals surface area contributed by atoms with Crippen LogP contribution in [0.15, 0.2) is 0 Å². The highest BCUT2D eigenvalue weighted by atomic mass is 14.4. The second-order valence-electron chi connectivity index (χ2n) is 9.15. The van der Waals surface area contributed by atoms with Gasteiger partial charge in [-0.05, 0) is 34.5 Å². The molecular weight excluding hydrogens is 215 g/mol. The van der Waals surface area contributed by atoms with Crippen LogP contribution < -0.4 is 0 Å². The molecule has 0 radical (unpaired) electrons. The van der Waals surface area contributed by atoms with Gasteiger partial charge in [0.05, 0.1) is 0 Å². The van der Waals surface area contributed by atoms with E-state index in [2.05, 4.69) is 69.1 Å². The van der Waals surface area contributed by atoms with Crippen molar-refractivity contribution < 1.29 is 0 Å². The Labute approximate surface area is 118 Å². The summed E-state index contributed by atoms with van der Waals surface area (Å²) in [5.74, 6) is 0. The lowest BCUT2D eigenvalue weighted by atomic mass is 9.54. The largest absolute Gasteiger partial charge is 0.118 e. The van der Waals surface area contributed by atoms with Gasteiger partial charge in [-0.1, -0.05) is 75.5 Å². The third kappa shape index (κ3) is 4.32. The molecule has 0 unspecified atom stereocenters.